The maximum absolute atomic E-state index is 11.8. The number of hydrogen-bond donors (Lipinski definition) is 0. The number of halogens is 1. The molecule has 1 rings (SSSR count). The number of carbonyl (C=O) groups is 1. The van der Waals surface area contributed by atoms with Crippen molar-refractivity contribution in [3.63, 3.8) is 0 Å². The molecule has 0 bridgehead atoms. The maximum atomic E-state index is 11.8. The van der Waals surface area contributed by atoms with Crippen LogP contribution in [-0.4, -0.2) is 12.6 Å². The third-order valence-electron chi connectivity index (χ3n) is 3.12. The lowest BCUT2D eigenvalue weighted by molar-refractivity contribution is 0.0499. The van der Waals surface area contributed by atoms with Crippen molar-refractivity contribution in [3.8, 4) is 0 Å². The van der Waals surface area contributed by atoms with E-state index in [2.05, 4.69) is 13.8 Å². The van der Waals surface area contributed by atoms with Crippen LogP contribution in [0.2, 0.25) is 0 Å². The molecule has 1 aromatic carbocycles. The lowest BCUT2D eigenvalue weighted by Gasteiger charge is -2.09. The number of aryl methyl sites for hydroxylation is 1. The van der Waals surface area contributed by atoms with Gasteiger partial charge in [-0.25, -0.2) is 4.79 Å². The highest BCUT2D eigenvalue weighted by molar-refractivity contribution is 6.17. The van der Waals surface area contributed by atoms with Crippen LogP contribution in [0.25, 0.3) is 0 Å². The molecule has 0 N–H and O–H groups in total. The molecule has 0 aliphatic rings. The maximum Gasteiger partial charge on any atom is 0.338 e. The highest BCUT2D eigenvalue weighted by Gasteiger charge is 2.10. The van der Waals surface area contributed by atoms with E-state index in [0.717, 1.165) is 37.7 Å². The Morgan fingerprint density at radius 1 is 1.16 bits per heavy atom. The predicted molar refractivity (Wildman–Crippen MR) is 79.8 cm³/mol. The van der Waals surface area contributed by atoms with Crippen LogP contribution in [0, 0.1) is 0 Å². The van der Waals surface area contributed by atoms with E-state index in [-0.39, 0.29) is 5.97 Å². The Bertz CT molecular complexity index is 402. The van der Waals surface area contributed by atoms with Gasteiger partial charge in [-0.1, -0.05) is 32.8 Å². The molecule has 0 saturated carbocycles. The molecule has 2 nitrogen and oxygen atoms in total. The van der Waals surface area contributed by atoms with Crippen LogP contribution >= 0.6 is 11.6 Å². The molecule has 0 spiro atoms. The van der Waals surface area contributed by atoms with Crippen molar-refractivity contribution in [1.29, 1.82) is 0 Å². The Kier molecular flexibility index (Phi) is 7.57. The normalized spacial score (nSPS) is 10.5. The molecule has 0 atom stereocenters. The zero-order chi connectivity index (χ0) is 14.1. The van der Waals surface area contributed by atoms with Crippen molar-refractivity contribution in [2.75, 3.05) is 6.61 Å². The van der Waals surface area contributed by atoms with Gasteiger partial charge in [-0.3, -0.25) is 0 Å². The van der Waals surface area contributed by atoms with Crippen molar-refractivity contribution < 1.29 is 9.53 Å². The topological polar surface area (TPSA) is 26.3 Å². The molecular formula is C16H23ClO2. The van der Waals surface area contributed by atoms with Gasteiger partial charge in [-0.15, -0.1) is 11.6 Å². The fourth-order valence-corrected chi connectivity index (χ4v) is 2.13. The first-order chi connectivity index (χ1) is 9.22. The minimum atomic E-state index is -0.248. The standard InChI is InChI=1S/C16H23ClO2/c1-3-5-7-13-8-9-14(11-15(13)12-17)16(18)19-10-6-4-2/h8-9,11H,3-7,10,12H2,1-2H3. The molecule has 0 saturated heterocycles. The van der Waals surface area contributed by atoms with E-state index in [0.29, 0.717) is 18.1 Å². The van der Waals surface area contributed by atoms with E-state index in [4.69, 9.17) is 16.3 Å². The molecule has 106 valence electrons. The molecule has 1 aromatic rings. The first-order valence-corrected chi connectivity index (χ1v) is 7.61. The summed E-state index contributed by atoms with van der Waals surface area (Å²) in [7, 11) is 0. The van der Waals surface area contributed by atoms with Crippen LogP contribution in [-0.2, 0) is 17.0 Å². The Hall–Kier alpha value is -1.02. The molecule has 0 aliphatic heterocycles. The second-order valence-electron chi connectivity index (χ2n) is 4.71. The molecule has 0 heterocycles. The number of carbonyl (C=O) groups excluding carboxylic acids is 1. The zero-order valence-electron chi connectivity index (χ0n) is 11.9. The zero-order valence-corrected chi connectivity index (χ0v) is 12.6. The van der Waals surface area contributed by atoms with E-state index in [1.54, 1.807) is 0 Å². The smallest absolute Gasteiger partial charge is 0.338 e. The Morgan fingerprint density at radius 3 is 2.53 bits per heavy atom. The van der Waals surface area contributed by atoms with Crippen LogP contribution in [0.1, 0.15) is 61.0 Å². The van der Waals surface area contributed by atoms with Crippen molar-refractivity contribution in [1.82, 2.24) is 0 Å². The van der Waals surface area contributed by atoms with Gasteiger partial charge in [0.1, 0.15) is 0 Å². The van der Waals surface area contributed by atoms with Crippen LogP contribution < -0.4 is 0 Å². The minimum absolute atomic E-state index is 0.248. The number of alkyl halides is 1. The largest absolute Gasteiger partial charge is 0.462 e. The molecule has 0 fully saturated rings. The summed E-state index contributed by atoms with van der Waals surface area (Å²) in [6.45, 7) is 4.73. The molecule has 3 heteroatoms. The molecule has 0 radical (unpaired) electrons. The van der Waals surface area contributed by atoms with E-state index in [1.165, 1.54) is 5.56 Å². The van der Waals surface area contributed by atoms with Gasteiger partial charge in [0.05, 0.1) is 12.2 Å². The number of rotatable bonds is 8. The highest BCUT2D eigenvalue weighted by atomic mass is 35.5. The third-order valence-corrected chi connectivity index (χ3v) is 3.40. The van der Waals surface area contributed by atoms with Gasteiger partial charge >= 0.3 is 5.97 Å². The Labute approximate surface area is 121 Å². The fraction of sp³-hybridized carbons (Fsp3) is 0.562. The van der Waals surface area contributed by atoms with E-state index in [1.807, 2.05) is 18.2 Å². The van der Waals surface area contributed by atoms with Crippen LogP contribution in [0.4, 0.5) is 0 Å². The van der Waals surface area contributed by atoms with Crippen molar-refractivity contribution in [2.45, 2.75) is 51.8 Å². The summed E-state index contributed by atoms with van der Waals surface area (Å²) < 4.78 is 5.21. The number of hydrogen-bond acceptors (Lipinski definition) is 2. The minimum Gasteiger partial charge on any atom is -0.462 e. The summed E-state index contributed by atoms with van der Waals surface area (Å²) in [4.78, 5) is 11.8. The quantitative estimate of drug-likeness (QED) is 0.392. The molecule has 0 amide bonds. The third kappa shape index (κ3) is 5.23. The second-order valence-corrected chi connectivity index (χ2v) is 4.98. The Balaban J connectivity index is 2.72. The second kappa shape index (κ2) is 8.98. The van der Waals surface area contributed by atoms with Crippen LogP contribution in [0.3, 0.4) is 0 Å². The number of unbranched alkanes of at least 4 members (excludes halogenated alkanes) is 2. The number of benzene rings is 1. The summed E-state index contributed by atoms with van der Waals surface area (Å²) in [6, 6.07) is 5.71. The SMILES string of the molecule is CCCCOC(=O)c1ccc(CCCC)c(CCl)c1. The Morgan fingerprint density at radius 2 is 1.89 bits per heavy atom. The van der Waals surface area contributed by atoms with Gasteiger partial charge in [0.25, 0.3) is 0 Å². The highest BCUT2D eigenvalue weighted by Crippen LogP contribution is 2.17. The molecular weight excluding hydrogens is 260 g/mol. The van der Waals surface area contributed by atoms with Gasteiger partial charge in [0.15, 0.2) is 0 Å². The van der Waals surface area contributed by atoms with Gasteiger partial charge in [-0.2, -0.15) is 0 Å². The van der Waals surface area contributed by atoms with Gasteiger partial charge < -0.3 is 4.74 Å². The van der Waals surface area contributed by atoms with Crippen molar-refractivity contribution in [2.24, 2.45) is 0 Å². The average Bonchev–Trinajstić information content (AvgIpc) is 2.45. The van der Waals surface area contributed by atoms with Crippen molar-refractivity contribution in [3.05, 3.63) is 34.9 Å². The first kappa shape index (κ1) is 16.0. The molecule has 0 unspecified atom stereocenters. The fourth-order valence-electron chi connectivity index (χ4n) is 1.88. The summed E-state index contributed by atoms with van der Waals surface area (Å²) in [6.07, 6.45) is 5.25. The van der Waals surface area contributed by atoms with E-state index < -0.39 is 0 Å². The lowest BCUT2D eigenvalue weighted by atomic mass is 10.0. The predicted octanol–water partition coefficient (Wildman–Crippen LogP) is 4.72. The summed E-state index contributed by atoms with van der Waals surface area (Å²) in [5.41, 5.74) is 2.88. The summed E-state index contributed by atoms with van der Waals surface area (Å²) >= 11 is 5.96. The molecule has 19 heavy (non-hydrogen) atoms. The molecule has 0 aromatic heterocycles. The van der Waals surface area contributed by atoms with E-state index >= 15 is 0 Å². The van der Waals surface area contributed by atoms with Gasteiger partial charge in [0.2, 0.25) is 0 Å². The average molecular weight is 283 g/mol. The monoisotopic (exact) mass is 282 g/mol. The summed E-state index contributed by atoms with van der Waals surface area (Å²) in [5.74, 6) is 0.191. The van der Waals surface area contributed by atoms with Crippen LogP contribution in [0.15, 0.2) is 18.2 Å². The number of esters is 1. The van der Waals surface area contributed by atoms with Crippen LogP contribution in [0.5, 0.6) is 0 Å². The lowest BCUT2D eigenvalue weighted by Crippen LogP contribution is -2.07. The van der Waals surface area contributed by atoms with Crippen molar-refractivity contribution >= 4 is 17.6 Å². The number of ether oxygens (including phenoxy) is 1. The van der Waals surface area contributed by atoms with Gasteiger partial charge in [0, 0.05) is 5.88 Å². The summed E-state index contributed by atoms with van der Waals surface area (Å²) in [5, 5.41) is 0. The van der Waals surface area contributed by atoms with Gasteiger partial charge in [-0.05, 0) is 42.5 Å². The first-order valence-electron chi connectivity index (χ1n) is 7.07. The van der Waals surface area contributed by atoms with E-state index in [9.17, 15) is 4.79 Å². The molecule has 0 aliphatic carbocycles.